The van der Waals surface area contributed by atoms with Crippen molar-refractivity contribution in [2.45, 2.75) is 42.6 Å². The highest BCUT2D eigenvalue weighted by molar-refractivity contribution is 8.01. The summed E-state index contributed by atoms with van der Waals surface area (Å²) in [6.45, 7) is 4.80. The molecule has 0 unspecified atom stereocenters. The van der Waals surface area contributed by atoms with Gasteiger partial charge in [-0.2, -0.15) is 5.10 Å². The van der Waals surface area contributed by atoms with E-state index in [0.29, 0.717) is 21.4 Å². The maximum absolute atomic E-state index is 12.8. The molecule has 3 atom stereocenters. The van der Waals surface area contributed by atoms with E-state index in [-0.39, 0.29) is 17.1 Å². The minimum atomic E-state index is -1.21. The summed E-state index contributed by atoms with van der Waals surface area (Å²) in [6.07, 6.45) is 1.17. The Morgan fingerprint density at radius 3 is 2.74 bits per heavy atom. The molecule has 180 valence electrons. The number of hydrogen-bond donors (Lipinski definition) is 2. The van der Waals surface area contributed by atoms with Gasteiger partial charge in [-0.15, -0.1) is 22.0 Å². The zero-order valence-corrected chi connectivity index (χ0v) is 20.6. The molecule has 2 aromatic rings. The van der Waals surface area contributed by atoms with E-state index >= 15 is 0 Å². The highest BCUT2D eigenvalue weighted by atomic mass is 32.2. The fraction of sp³-hybridized carbons (Fsp3) is 0.444. The van der Waals surface area contributed by atoms with E-state index in [2.05, 4.69) is 20.6 Å². The van der Waals surface area contributed by atoms with Crippen LogP contribution in [0.4, 0.5) is 5.69 Å². The monoisotopic (exact) mass is 525 g/mol. The number of fused-ring (bicyclic) bond motifs is 1. The largest absolute Gasteiger partial charge is 0.477 e. The van der Waals surface area contributed by atoms with Gasteiger partial charge in [0.25, 0.3) is 5.91 Å². The third-order valence-corrected chi connectivity index (χ3v) is 8.69. The number of aromatic nitrogens is 4. The summed E-state index contributed by atoms with van der Waals surface area (Å²) in [7, 11) is 0. The lowest BCUT2D eigenvalue weighted by molar-refractivity contribution is -0.385. The Bertz CT molecular complexity index is 1220. The normalized spacial score (nSPS) is 20.6. The van der Waals surface area contributed by atoms with Gasteiger partial charge in [-0.25, -0.2) is 4.79 Å². The van der Waals surface area contributed by atoms with Crippen LogP contribution >= 0.6 is 34.9 Å². The predicted octanol–water partition coefficient (Wildman–Crippen LogP) is 1.35. The van der Waals surface area contributed by atoms with E-state index in [1.54, 1.807) is 0 Å². The Morgan fingerprint density at radius 2 is 2.15 bits per heavy atom. The van der Waals surface area contributed by atoms with Crippen LogP contribution in [0.2, 0.25) is 0 Å². The second-order valence-corrected chi connectivity index (χ2v) is 11.1. The number of nitrogens with zero attached hydrogens (tertiary/aromatic N) is 6. The third-order valence-electron chi connectivity index (χ3n) is 5.29. The highest BCUT2D eigenvalue weighted by Crippen LogP contribution is 2.42. The first kappa shape index (κ1) is 24.2. The SMILES string of the molecule is Cc1nnc(SCC2=C(C(=O)O)N3C(=O)[C@@H](NC(=O)[C@H](C)n4cc([N+](=O)[O-])c(C)n4)[C@H]3SC2)s1. The van der Waals surface area contributed by atoms with Crippen molar-refractivity contribution in [1.82, 2.24) is 30.2 Å². The van der Waals surface area contributed by atoms with Crippen molar-refractivity contribution < 1.29 is 24.4 Å². The van der Waals surface area contributed by atoms with Crippen LogP contribution < -0.4 is 5.32 Å². The first-order valence-corrected chi connectivity index (χ1v) is 12.8. The number of aliphatic carboxylic acids is 1. The molecule has 2 aliphatic heterocycles. The number of aryl methyl sites for hydroxylation is 2. The molecule has 2 amide bonds. The number of carboxylic acid groups (broad SMARTS) is 1. The van der Waals surface area contributed by atoms with Crippen molar-refractivity contribution in [2.24, 2.45) is 0 Å². The Balaban J connectivity index is 1.45. The summed E-state index contributed by atoms with van der Waals surface area (Å²) in [5.74, 6) is -1.55. The summed E-state index contributed by atoms with van der Waals surface area (Å²) in [6, 6.07) is -1.80. The second-order valence-electron chi connectivity index (χ2n) is 7.54. The summed E-state index contributed by atoms with van der Waals surface area (Å²) in [4.78, 5) is 49.2. The number of β-lactam (4-membered cyclic amide) rings is 1. The van der Waals surface area contributed by atoms with E-state index in [1.165, 1.54) is 64.5 Å². The number of carbonyl (C=O) groups excluding carboxylic acids is 2. The molecule has 0 aromatic carbocycles. The lowest BCUT2D eigenvalue weighted by Crippen LogP contribution is -2.71. The number of thioether (sulfide) groups is 2. The van der Waals surface area contributed by atoms with Crippen LogP contribution in [0.25, 0.3) is 0 Å². The maximum Gasteiger partial charge on any atom is 0.352 e. The molecule has 34 heavy (non-hydrogen) atoms. The summed E-state index contributed by atoms with van der Waals surface area (Å²) >= 11 is 4.13. The summed E-state index contributed by atoms with van der Waals surface area (Å²) in [5.41, 5.74) is 0.485. The molecule has 1 fully saturated rings. The number of rotatable bonds is 8. The smallest absolute Gasteiger partial charge is 0.352 e. The minimum Gasteiger partial charge on any atom is -0.477 e. The predicted molar refractivity (Wildman–Crippen MR) is 123 cm³/mol. The molecule has 0 spiro atoms. The lowest BCUT2D eigenvalue weighted by Gasteiger charge is -2.49. The molecule has 16 heteroatoms. The second kappa shape index (κ2) is 9.34. The number of carbonyl (C=O) groups is 3. The first-order chi connectivity index (χ1) is 16.1. The Kier molecular flexibility index (Phi) is 6.64. The van der Waals surface area contributed by atoms with Gasteiger partial charge in [0.2, 0.25) is 5.91 Å². The molecule has 0 aliphatic carbocycles. The van der Waals surface area contributed by atoms with Gasteiger partial charge in [-0.3, -0.25) is 29.3 Å². The standard InChI is InChI=1S/C18H19N7O6S3/c1-7-11(25(30)31)4-23(22-7)8(2)14(26)19-12-15(27)24-13(17(28)29)10(5-32-16(12)24)6-33-18-21-20-9(3)34-18/h4,8,12,16H,5-6H2,1-3H3,(H,19,26)(H,28,29)/t8-,12+,16+/m0/s1. The fourth-order valence-corrected chi connectivity index (χ4v) is 6.82. The van der Waals surface area contributed by atoms with Gasteiger partial charge in [0.15, 0.2) is 4.34 Å². The first-order valence-electron chi connectivity index (χ1n) is 9.92. The van der Waals surface area contributed by atoms with Gasteiger partial charge in [-0.05, 0) is 26.3 Å². The van der Waals surface area contributed by atoms with E-state index in [9.17, 15) is 29.6 Å². The van der Waals surface area contributed by atoms with Crippen LogP contribution in [0, 0.1) is 24.0 Å². The minimum absolute atomic E-state index is 0.0700. The number of amides is 2. The van der Waals surface area contributed by atoms with Crippen LogP contribution in [0.5, 0.6) is 0 Å². The van der Waals surface area contributed by atoms with Gasteiger partial charge < -0.3 is 10.4 Å². The highest BCUT2D eigenvalue weighted by Gasteiger charge is 2.54. The van der Waals surface area contributed by atoms with E-state index < -0.39 is 40.2 Å². The average Bonchev–Trinajstić information content (AvgIpc) is 3.39. The molecule has 2 aliphatic rings. The van der Waals surface area contributed by atoms with Crippen molar-refractivity contribution in [2.75, 3.05) is 11.5 Å². The van der Waals surface area contributed by atoms with E-state index in [1.807, 2.05) is 6.92 Å². The van der Waals surface area contributed by atoms with E-state index in [0.717, 1.165) is 5.01 Å². The van der Waals surface area contributed by atoms with Crippen molar-refractivity contribution in [3.05, 3.63) is 38.3 Å². The molecule has 1 saturated heterocycles. The molecule has 2 N–H and O–H groups in total. The Hall–Kier alpha value is -2.98. The maximum atomic E-state index is 12.8. The van der Waals surface area contributed by atoms with Gasteiger partial charge >= 0.3 is 11.7 Å². The van der Waals surface area contributed by atoms with Crippen LogP contribution in [-0.2, 0) is 14.4 Å². The van der Waals surface area contributed by atoms with Crippen LogP contribution in [-0.4, -0.2) is 75.6 Å². The van der Waals surface area contributed by atoms with Gasteiger partial charge in [0.1, 0.15) is 40.1 Å². The van der Waals surface area contributed by atoms with Crippen LogP contribution in [0.3, 0.4) is 0 Å². The van der Waals surface area contributed by atoms with Crippen LogP contribution in [0.15, 0.2) is 21.8 Å². The molecule has 13 nitrogen and oxygen atoms in total. The molecule has 0 saturated carbocycles. The topological polar surface area (TPSA) is 173 Å². The zero-order valence-electron chi connectivity index (χ0n) is 18.1. The number of hydrogen-bond acceptors (Lipinski definition) is 11. The van der Waals surface area contributed by atoms with Crippen molar-refractivity contribution >= 4 is 58.3 Å². The van der Waals surface area contributed by atoms with Crippen molar-refractivity contribution in [3.63, 3.8) is 0 Å². The molecule has 0 bridgehead atoms. The molecule has 2 aromatic heterocycles. The van der Waals surface area contributed by atoms with Crippen molar-refractivity contribution in [3.8, 4) is 0 Å². The van der Waals surface area contributed by atoms with Crippen LogP contribution in [0.1, 0.15) is 23.7 Å². The van der Waals surface area contributed by atoms with Gasteiger partial charge in [0.05, 0.1) is 4.92 Å². The number of carboxylic acids is 1. The lowest BCUT2D eigenvalue weighted by atomic mass is 10.0. The average molecular weight is 526 g/mol. The number of nitrogens with one attached hydrogen (secondary N) is 1. The zero-order chi connectivity index (χ0) is 24.7. The molecular formula is C18H19N7O6S3. The molecular weight excluding hydrogens is 506 g/mol. The van der Waals surface area contributed by atoms with Gasteiger partial charge in [-0.1, -0.05) is 23.1 Å². The fourth-order valence-electron chi connectivity index (χ4n) is 3.52. The van der Waals surface area contributed by atoms with Crippen molar-refractivity contribution in [1.29, 1.82) is 0 Å². The Labute approximate surface area is 205 Å². The third kappa shape index (κ3) is 4.39. The Morgan fingerprint density at radius 1 is 1.41 bits per heavy atom. The van der Waals surface area contributed by atoms with Gasteiger partial charge in [0, 0.05) is 11.5 Å². The molecule has 0 radical (unpaired) electrons. The summed E-state index contributed by atoms with van der Waals surface area (Å²) in [5, 5.41) is 35.7. The van der Waals surface area contributed by atoms with E-state index in [4.69, 9.17) is 0 Å². The quantitative estimate of drug-likeness (QED) is 0.220. The molecule has 4 rings (SSSR count). The summed E-state index contributed by atoms with van der Waals surface area (Å²) < 4.78 is 1.88. The molecule has 4 heterocycles. The number of nitro groups is 1.